The van der Waals surface area contributed by atoms with Crippen LogP contribution in [0.5, 0.6) is 0 Å². The number of benzene rings is 1. The number of rotatable bonds is 4. The summed E-state index contributed by atoms with van der Waals surface area (Å²) in [6.07, 6.45) is 0. The van der Waals surface area contributed by atoms with Gasteiger partial charge in [-0.2, -0.15) is 5.10 Å². The summed E-state index contributed by atoms with van der Waals surface area (Å²) in [6.45, 7) is 0.389. The topological polar surface area (TPSA) is 76.8 Å². The first-order valence-electron chi connectivity index (χ1n) is 5.12. The summed E-state index contributed by atoms with van der Waals surface area (Å²) >= 11 is 5.81. The minimum Gasteiger partial charge on any atom is -0.377 e. The first kappa shape index (κ1) is 12.0. The van der Waals surface area contributed by atoms with Crippen molar-refractivity contribution in [2.75, 3.05) is 7.11 Å². The minimum absolute atomic E-state index is 0.367. The van der Waals surface area contributed by atoms with Gasteiger partial charge in [-0.3, -0.25) is 5.10 Å². The van der Waals surface area contributed by atoms with Gasteiger partial charge in [-0.25, -0.2) is 4.98 Å². The van der Waals surface area contributed by atoms with Gasteiger partial charge in [0.25, 0.3) is 0 Å². The molecule has 1 unspecified atom stereocenters. The number of halogens is 1. The molecular formula is C11H13ClN4O. The van der Waals surface area contributed by atoms with Crippen molar-refractivity contribution in [3.05, 3.63) is 46.5 Å². The van der Waals surface area contributed by atoms with Gasteiger partial charge in [0.2, 0.25) is 0 Å². The van der Waals surface area contributed by atoms with E-state index in [9.17, 15) is 0 Å². The highest BCUT2D eigenvalue weighted by Gasteiger charge is 2.14. The van der Waals surface area contributed by atoms with Crippen LogP contribution in [0.2, 0.25) is 5.02 Å². The fourth-order valence-corrected chi connectivity index (χ4v) is 1.60. The molecule has 0 saturated heterocycles. The fraction of sp³-hybridized carbons (Fsp3) is 0.273. The third-order valence-electron chi connectivity index (χ3n) is 2.34. The van der Waals surface area contributed by atoms with Crippen LogP contribution >= 0.6 is 11.6 Å². The summed E-state index contributed by atoms with van der Waals surface area (Å²) in [5.74, 6) is 1.20. The van der Waals surface area contributed by atoms with Crippen molar-refractivity contribution in [3.8, 4) is 0 Å². The van der Waals surface area contributed by atoms with Crippen molar-refractivity contribution >= 4 is 11.6 Å². The molecule has 0 aliphatic heterocycles. The number of H-pyrrole nitrogens is 1. The van der Waals surface area contributed by atoms with Crippen molar-refractivity contribution in [1.82, 2.24) is 15.2 Å². The van der Waals surface area contributed by atoms with E-state index >= 15 is 0 Å². The molecular weight excluding hydrogens is 240 g/mol. The van der Waals surface area contributed by atoms with Crippen LogP contribution in [-0.2, 0) is 11.3 Å². The average Bonchev–Trinajstić information content (AvgIpc) is 2.78. The van der Waals surface area contributed by atoms with Crippen LogP contribution in [-0.4, -0.2) is 22.3 Å². The highest BCUT2D eigenvalue weighted by molar-refractivity contribution is 6.30. The molecule has 2 aromatic rings. The van der Waals surface area contributed by atoms with Crippen LogP contribution in [0, 0.1) is 0 Å². The number of hydrogen-bond acceptors (Lipinski definition) is 4. The van der Waals surface area contributed by atoms with Crippen LogP contribution in [0.4, 0.5) is 0 Å². The molecule has 2 rings (SSSR count). The zero-order valence-electron chi connectivity index (χ0n) is 9.35. The lowest BCUT2D eigenvalue weighted by Crippen LogP contribution is -2.13. The number of nitrogens with two attached hydrogens (primary N) is 1. The number of hydrogen-bond donors (Lipinski definition) is 2. The largest absolute Gasteiger partial charge is 0.377 e. The summed E-state index contributed by atoms with van der Waals surface area (Å²) in [6, 6.07) is 6.94. The van der Waals surface area contributed by atoms with Gasteiger partial charge >= 0.3 is 0 Å². The molecule has 6 heteroatoms. The van der Waals surface area contributed by atoms with E-state index in [1.165, 1.54) is 0 Å². The van der Waals surface area contributed by atoms with Gasteiger partial charge in [0.15, 0.2) is 11.6 Å². The van der Waals surface area contributed by atoms with Crippen molar-refractivity contribution in [1.29, 1.82) is 0 Å². The second-order valence-electron chi connectivity index (χ2n) is 3.60. The van der Waals surface area contributed by atoms with Gasteiger partial charge in [0.1, 0.15) is 6.61 Å². The molecule has 1 heterocycles. The number of ether oxygens (including phenoxy) is 1. The maximum atomic E-state index is 6.05. The molecule has 0 spiro atoms. The number of nitrogens with one attached hydrogen (secondary N) is 1. The maximum Gasteiger partial charge on any atom is 0.171 e. The van der Waals surface area contributed by atoms with E-state index in [1.807, 2.05) is 12.1 Å². The smallest absolute Gasteiger partial charge is 0.171 e. The van der Waals surface area contributed by atoms with E-state index in [2.05, 4.69) is 15.2 Å². The molecule has 0 amide bonds. The Morgan fingerprint density at radius 3 is 2.76 bits per heavy atom. The van der Waals surface area contributed by atoms with Gasteiger partial charge in [-0.1, -0.05) is 23.7 Å². The molecule has 0 bridgehead atoms. The Kier molecular flexibility index (Phi) is 3.73. The van der Waals surface area contributed by atoms with Crippen LogP contribution in [0.3, 0.4) is 0 Å². The molecule has 17 heavy (non-hydrogen) atoms. The van der Waals surface area contributed by atoms with Gasteiger partial charge in [-0.05, 0) is 17.7 Å². The molecule has 1 aromatic heterocycles. The summed E-state index contributed by atoms with van der Waals surface area (Å²) in [7, 11) is 1.60. The second kappa shape index (κ2) is 5.27. The predicted octanol–water partition coefficient (Wildman–Crippen LogP) is 1.65. The van der Waals surface area contributed by atoms with Gasteiger partial charge in [0, 0.05) is 12.1 Å². The van der Waals surface area contributed by atoms with Crippen molar-refractivity contribution < 1.29 is 4.74 Å². The van der Waals surface area contributed by atoms with Crippen LogP contribution in [0.1, 0.15) is 23.3 Å². The Labute approximate surface area is 104 Å². The number of aromatic amines is 1. The van der Waals surface area contributed by atoms with Crippen LogP contribution in [0.25, 0.3) is 0 Å². The Balaban J connectivity index is 2.18. The number of nitrogens with zero attached hydrogens (tertiary/aromatic N) is 2. The van der Waals surface area contributed by atoms with E-state index in [0.717, 1.165) is 5.56 Å². The lowest BCUT2D eigenvalue weighted by atomic mass is 10.1. The normalized spacial score (nSPS) is 12.6. The molecule has 0 radical (unpaired) electrons. The Morgan fingerprint density at radius 2 is 2.12 bits per heavy atom. The van der Waals surface area contributed by atoms with Gasteiger partial charge in [-0.15, -0.1) is 0 Å². The highest BCUT2D eigenvalue weighted by atomic mass is 35.5. The minimum atomic E-state index is -0.367. The van der Waals surface area contributed by atoms with E-state index in [-0.39, 0.29) is 6.04 Å². The lowest BCUT2D eigenvalue weighted by Gasteiger charge is -2.07. The van der Waals surface area contributed by atoms with Gasteiger partial charge in [0.05, 0.1) is 6.04 Å². The maximum absolute atomic E-state index is 6.05. The molecule has 0 aliphatic carbocycles. The average molecular weight is 253 g/mol. The van der Waals surface area contributed by atoms with Crippen LogP contribution < -0.4 is 5.73 Å². The molecule has 3 N–H and O–H groups in total. The second-order valence-corrected chi connectivity index (χ2v) is 4.04. The van der Waals surface area contributed by atoms with Crippen LogP contribution in [0.15, 0.2) is 24.3 Å². The Morgan fingerprint density at radius 1 is 1.41 bits per heavy atom. The molecule has 1 atom stereocenters. The van der Waals surface area contributed by atoms with E-state index in [0.29, 0.717) is 23.3 Å². The van der Waals surface area contributed by atoms with E-state index in [1.54, 1.807) is 19.2 Å². The lowest BCUT2D eigenvalue weighted by molar-refractivity contribution is 0.178. The predicted molar refractivity (Wildman–Crippen MR) is 64.6 cm³/mol. The molecule has 0 aliphatic rings. The standard InChI is InChI=1S/C11H13ClN4O/c1-17-6-9-14-11(16-15-9)10(13)7-2-4-8(12)5-3-7/h2-5,10H,6,13H2,1H3,(H,14,15,16). The molecule has 0 fully saturated rings. The highest BCUT2D eigenvalue weighted by Crippen LogP contribution is 2.18. The first-order valence-corrected chi connectivity index (χ1v) is 5.49. The SMILES string of the molecule is COCc1nc(C(N)c2ccc(Cl)cc2)n[nH]1. The zero-order chi connectivity index (χ0) is 12.3. The zero-order valence-corrected chi connectivity index (χ0v) is 10.1. The van der Waals surface area contributed by atoms with E-state index in [4.69, 9.17) is 22.1 Å². The summed E-state index contributed by atoms with van der Waals surface area (Å²) < 4.78 is 4.95. The number of aromatic nitrogens is 3. The molecule has 0 saturated carbocycles. The van der Waals surface area contributed by atoms with Crippen molar-refractivity contribution in [2.45, 2.75) is 12.6 Å². The van der Waals surface area contributed by atoms with Crippen molar-refractivity contribution in [3.63, 3.8) is 0 Å². The molecule has 5 nitrogen and oxygen atoms in total. The quantitative estimate of drug-likeness (QED) is 0.868. The summed E-state index contributed by atoms with van der Waals surface area (Å²) in [5.41, 5.74) is 6.96. The summed E-state index contributed by atoms with van der Waals surface area (Å²) in [5, 5.41) is 7.51. The third-order valence-corrected chi connectivity index (χ3v) is 2.59. The Bertz CT molecular complexity index is 482. The van der Waals surface area contributed by atoms with Crippen molar-refractivity contribution in [2.24, 2.45) is 5.73 Å². The fourth-order valence-electron chi connectivity index (χ4n) is 1.47. The molecule has 1 aromatic carbocycles. The molecule has 90 valence electrons. The van der Waals surface area contributed by atoms with E-state index < -0.39 is 0 Å². The monoisotopic (exact) mass is 252 g/mol. The van der Waals surface area contributed by atoms with Gasteiger partial charge < -0.3 is 10.5 Å². The first-order chi connectivity index (χ1) is 8.20. The Hall–Kier alpha value is -1.43. The third kappa shape index (κ3) is 2.82. The summed E-state index contributed by atoms with van der Waals surface area (Å²) in [4.78, 5) is 4.25. The number of methoxy groups -OCH3 is 1.